The molecule has 0 unspecified atom stereocenters. The van der Waals surface area contributed by atoms with Gasteiger partial charge in [-0.3, -0.25) is 4.79 Å². The highest BCUT2D eigenvalue weighted by Crippen LogP contribution is 2.20. The third-order valence-electron chi connectivity index (χ3n) is 3.27. The van der Waals surface area contributed by atoms with Gasteiger partial charge in [0, 0.05) is 31.0 Å². The van der Waals surface area contributed by atoms with Crippen LogP contribution in [-0.4, -0.2) is 15.5 Å². The number of benzene rings is 1. The Bertz CT molecular complexity index is 618. The first-order chi connectivity index (χ1) is 10.1. The second-order valence-corrected chi connectivity index (χ2v) is 5.14. The van der Waals surface area contributed by atoms with Crippen LogP contribution in [-0.2, 0) is 17.9 Å². The Kier molecular flexibility index (Phi) is 4.98. The SMILES string of the molecule is CCCn1cncc1CNc1ccc(NC(C)=O)c(C)c1. The van der Waals surface area contributed by atoms with Crippen LogP contribution in [0, 0.1) is 6.92 Å². The predicted molar refractivity (Wildman–Crippen MR) is 85.3 cm³/mol. The molecule has 0 saturated heterocycles. The van der Waals surface area contributed by atoms with Gasteiger partial charge in [-0.2, -0.15) is 0 Å². The van der Waals surface area contributed by atoms with Crippen molar-refractivity contribution in [1.29, 1.82) is 0 Å². The van der Waals surface area contributed by atoms with Crippen molar-refractivity contribution in [3.8, 4) is 0 Å². The van der Waals surface area contributed by atoms with Crippen molar-refractivity contribution < 1.29 is 4.79 Å². The number of hydrogen-bond acceptors (Lipinski definition) is 3. The van der Waals surface area contributed by atoms with E-state index in [9.17, 15) is 4.79 Å². The van der Waals surface area contributed by atoms with E-state index < -0.39 is 0 Å². The summed E-state index contributed by atoms with van der Waals surface area (Å²) in [5.74, 6) is -0.0534. The van der Waals surface area contributed by atoms with Gasteiger partial charge in [-0.05, 0) is 37.1 Å². The number of carbonyl (C=O) groups excluding carboxylic acids is 1. The van der Waals surface area contributed by atoms with Crippen molar-refractivity contribution in [2.75, 3.05) is 10.6 Å². The minimum absolute atomic E-state index is 0.0534. The van der Waals surface area contributed by atoms with Gasteiger partial charge in [-0.15, -0.1) is 0 Å². The molecule has 2 rings (SSSR count). The van der Waals surface area contributed by atoms with E-state index in [-0.39, 0.29) is 5.91 Å². The summed E-state index contributed by atoms with van der Waals surface area (Å²) in [4.78, 5) is 15.3. The third kappa shape index (κ3) is 4.08. The van der Waals surface area contributed by atoms with Gasteiger partial charge in [0.05, 0.1) is 18.6 Å². The average Bonchev–Trinajstić information content (AvgIpc) is 2.87. The van der Waals surface area contributed by atoms with Crippen LogP contribution in [0.4, 0.5) is 11.4 Å². The smallest absolute Gasteiger partial charge is 0.221 e. The third-order valence-corrected chi connectivity index (χ3v) is 3.27. The van der Waals surface area contributed by atoms with Crippen molar-refractivity contribution >= 4 is 17.3 Å². The summed E-state index contributed by atoms with van der Waals surface area (Å²) >= 11 is 0. The Hall–Kier alpha value is -2.30. The molecule has 112 valence electrons. The fraction of sp³-hybridized carbons (Fsp3) is 0.375. The second-order valence-electron chi connectivity index (χ2n) is 5.14. The van der Waals surface area contributed by atoms with E-state index in [2.05, 4.69) is 27.1 Å². The molecule has 0 atom stereocenters. The molecule has 5 nitrogen and oxygen atoms in total. The highest BCUT2D eigenvalue weighted by atomic mass is 16.1. The molecule has 2 aromatic rings. The molecule has 1 aromatic carbocycles. The number of imidazole rings is 1. The first-order valence-electron chi connectivity index (χ1n) is 7.21. The number of nitrogens with zero attached hydrogens (tertiary/aromatic N) is 2. The molecule has 0 radical (unpaired) electrons. The van der Waals surface area contributed by atoms with Gasteiger partial charge in [0.15, 0.2) is 0 Å². The first-order valence-corrected chi connectivity index (χ1v) is 7.21. The zero-order valence-electron chi connectivity index (χ0n) is 12.8. The number of nitrogens with one attached hydrogen (secondary N) is 2. The molecule has 0 fully saturated rings. The molecule has 0 aliphatic carbocycles. The lowest BCUT2D eigenvalue weighted by atomic mass is 10.1. The highest BCUT2D eigenvalue weighted by molar-refractivity contribution is 5.89. The Morgan fingerprint density at radius 3 is 2.86 bits per heavy atom. The monoisotopic (exact) mass is 286 g/mol. The minimum atomic E-state index is -0.0534. The van der Waals surface area contributed by atoms with Crippen LogP contribution in [0.2, 0.25) is 0 Å². The van der Waals surface area contributed by atoms with Gasteiger partial charge in [-0.1, -0.05) is 6.92 Å². The summed E-state index contributed by atoms with van der Waals surface area (Å²) in [6.07, 6.45) is 4.85. The molecule has 1 heterocycles. The average molecular weight is 286 g/mol. The fourth-order valence-electron chi connectivity index (χ4n) is 2.23. The highest BCUT2D eigenvalue weighted by Gasteiger charge is 2.04. The van der Waals surface area contributed by atoms with Crippen LogP contribution >= 0.6 is 0 Å². The van der Waals surface area contributed by atoms with E-state index >= 15 is 0 Å². The zero-order valence-corrected chi connectivity index (χ0v) is 12.8. The lowest BCUT2D eigenvalue weighted by Gasteiger charge is -2.12. The molecule has 1 aromatic heterocycles. The summed E-state index contributed by atoms with van der Waals surface area (Å²) in [6.45, 7) is 7.37. The van der Waals surface area contributed by atoms with Crippen LogP contribution in [0.3, 0.4) is 0 Å². The topological polar surface area (TPSA) is 59.0 Å². The van der Waals surface area contributed by atoms with Crippen molar-refractivity contribution in [2.45, 2.75) is 40.3 Å². The maximum Gasteiger partial charge on any atom is 0.221 e. The van der Waals surface area contributed by atoms with Gasteiger partial charge < -0.3 is 15.2 Å². The molecular formula is C16H22N4O. The molecule has 0 saturated carbocycles. The molecular weight excluding hydrogens is 264 g/mol. The van der Waals surface area contributed by atoms with Crippen molar-refractivity contribution in [1.82, 2.24) is 9.55 Å². The normalized spacial score (nSPS) is 10.4. The Balaban J connectivity index is 2.01. The van der Waals surface area contributed by atoms with Crippen molar-refractivity contribution in [2.24, 2.45) is 0 Å². The number of aromatic nitrogens is 2. The predicted octanol–water partition coefficient (Wildman–Crippen LogP) is 3.17. The number of anilines is 2. The summed E-state index contributed by atoms with van der Waals surface area (Å²) in [5, 5.41) is 6.21. The van der Waals surface area contributed by atoms with Crippen molar-refractivity contribution in [3.05, 3.63) is 42.0 Å². The van der Waals surface area contributed by atoms with E-state index in [0.29, 0.717) is 0 Å². The van der Waals surface area contributed by atoms with Crippen LogP contribution in [0.5, 0.6) is 0 Å². The zero-order chi connectivity index (χ0) is 15.2. The summed E-state index contributed by atoms with van der Waals surface area (Å²) in [6, 6.07) is 5.92. The maximum absolute atomic E-state index is 11.1. The molecule has 5 heteroatoms. The number of hydrogen-bond donors (Lipinski definition) is 2. The molecule has 21 heavy (non-hydrogen) atoms. The molecule has 0 aliphatic rings. The van der Waals surface area contributed by atoms with Gasteiger partial charge in [-0.25, -0.2) is 4.98 Å². The van der Waals surface area contributed by atoms with Crippen molar-refractivity contribution in [3.63, 3.8) is 0 Å². The lowest BCUT2D eigenvalue weighted by molar-refractivity contribution is -0.114. The minimum Gasteiger partial charge on any atom is -0.379 e. The molecule has 1 amide bonds. The summed E-state index contributed by atoms with van der Waals surface area (Å²) < 4.78 is 2.16. The van der Waals surface area contributed by atoms with Gasteiger partial charge in [0.2, 0.25) is 5.91 Å². The molecule has 2 N–H and O–H groups in total. The van der Waals surface area contributed by atoms with Gasteiger partial charge >= 0.3 is 0 Å². The summed E-state index contributed by atoms with van der Waals surface area (Å²) in [5.41, 5.74) is 4.09. The molecule has 0 bridgehead atoms. The van der Waals surface area contributed by atoms with E-state index in [1.165, 1.54) is 12.6 Å². The maximum atomic E-state index is 11.1. The number of carbonyl (C=O) groups is 1. The van der Waals surface area contributed by atoms with E-state index in [4.69, 9.17) is 0 Å². The fourth-order valence-corrected chi connectivity index (χ4v) is 2.23. The van der Waals surface area contributed by atoms with E-state index in [0.717, 1.165) is 36.4 Å². The lowest BCUT2D eigenvalue weighted by Crippen LogP contribution is -2.09. The van der Waals surface area contributed by atoms with Crippen LogP contribution in [0.1, 0.15) is 31.5 Å². The second kappa shape index (κ2) is 6.92. The Labute approximate surface area is 125 Å². The van der Waals surface area contributed by atoms with Crippen LogP contribution in [0.15, 0.2) is 30.7 Å². The standard InChI is InChI=1S/C16H22N4O/c1-4-7-20-11-17-9-15(20)10-18-14-5-6-16(12(2)8-14)19-13(3)21/h5-6,8-9,11,18H,4,7,10H2,1-3H3,(H,19,21). The molecule has 0 aliphatic heterocycles. The van der Waals surface area contributed by atoms with E-state index in [1.807, 2.05) is 37.6 Å². The van der Waals surface area contributed by atoms with Gasteiger partial charge in [0.1, 0.15) is 0 Å². The summed E-state index contributed by atoms with van der Waals surface area (Å²) in [7, 11) is 0. The molecule has 0 spiro atoms. The van der Waals surface area contributed by atoms with Gasteiger partial charge in [0.25, 0.3) is 0 Å². The largest absolute Gasteiger partial charge is 0.379 e. The van der Waals surface area contributed by atoms with Crippen LogP contribution in [0.25, 0.3) is 0 Å². The number of rotatable bonds is 6. The van der Waals surface area contributed by atoms with E-state index in [1.54, 1.807) is 0 Å². The Morgan fingerprint density at radius 1 is 1.38 bits per heavy atom. The number of amides is 1. The number of aryl methyl sites for hydroxylation is 2. The first kappa shape index (κ1) is 15.1. The quantitative estimate of drug-likeness (QED) is 0.857. The Morgan fingerprint density at radius 2 is 2.19 bits per heavy atom. The van der Waals surface area contributed by atoms with Crippen LogP contribution < -0.4 is 10.6 Å².